The molecule has 1 saturated heterocycles. The summed E-state index contributed by atoms with van der Waals surface area (Å²) >= 11 is 1.48. The molecule has 1 atom stereocenters. The number of anilines is 2. The fourth-order valence-electron chi connectivity index (χ4n) is 3.35. The number of rotatable bonds is 6. The maximum atomic E-state index is 12.8. The van der Waals surface area contributed by atoms with Crippen LogP contribution in [-0.2, 0) is 14.4 Å². The third-order valence-electron chi connectivity index (χ3n) is 4.89. The van der Waals surface area contributed by atoms with Crippen molar-refractivity contribution in [3.05, 3.63) is 36.1 Å². The molecule has 30 heavy (non-hydrogen) atoms. The Morgan fingerprint density at radius 2 is 1.83 bits per heavy atom. The number of benzene rings is 1. The molecule has 1 aliphatic heterocycles. The Morgan fingerprint density at radius 3 is 2.40 bits per heavy atom. The number of aromatic nitrogens is 1. The molecular weight excluding hydrogens is 404 g/mol. The van der Waals surface area contributed by atoms with Crippen LogP contribution in [0.2, 0.25) is 0 Å². The van der Waals surface area contributed by atoms with Crippen molar-refractivity contribution in [2.75, 3.05) is 23.7 Å². The molecule has 9 heteroatoms. The molecule has 1 aliphatic rings. The molecule has 2 N–H and O–H groups in total. The number of aryl methyl sites for hydroxylation is 1. The maximum Gasteiger partial charge on any atom is 0.235 e. The largest absolute Gasteiger partial charge is 0.360 e. The summed E-state index contributed by atoms with van der Waals surface area (Å²) in [6.45, 7) is 6.23. The van der Waals surface area contributed by atoms with Crippen molar-refractivity contribution in [2.24, 2.45) is 5.92 Å². The fourth-order valence-corrected chi connectivity index (χ4v) is 4.30. The lowest BCUT2D eigenvalue weighted by Crippen LogP contribution is -2.44. The summed E-state index contributed by atoms with van der Waals surface area (Å²) in [6, 6.07) is 9.10. The highest BCUT2D eigenvalue weighted by molar-refractivity contribution is 8.00. The first-order valence-corrected chi connectivity index (χ1v) is 10.8. The van der Waals surface area contributed by atoms with Crippen LogP contribution in [-0.4, -0.2) is 46.1 Å². The molecule has 2 aromatic rings. The fraction of sp³-hybridized carbons (Fsp3) is 0.429. The Kier molecular flexibility index (Phi) is 7.15. The van der Waals surface area contributed by atoms with Gasteiger partial charge in [-0.05, 0) is 51.0 Å². The van der Waals surface area contributed by atoms with Gasteiger partial charge in [-0.1, -0.05) is 5.16 Å². The Balaban J connectivity index is 1.47. The van der Waals surface area contributed by atoms with Crippen LogP contribution in [0.4, 0.5) is 11.5 Å². The Hall–Kier alpha value is -2.81. The van der Waals surface area contributed by atoms with Gasteiger partial charge in [0.25, 0.3) is 0 Å². The number of nitrogens with zero attached hydrogens (tertiary/aromatic N) is 2. The summed E-state index contributed by atoms with van der Waals surface area (Å²) in [5.41, 5.74) is 0.729. The second kappa shape index (κ2) is 9.80. The van der Waals surface area contributed by atoms with E-state index in [1.165, 1.54) is 18.7 Å². The number of amides is 3. The van der Waals surface area contributed by atoms with Crippen LogP contribution in [0.5, 0.6) is 0 Å². The lowest BCUT2D eigenvalue weighted by molar-refractivity contribution is -0.133. The van der Waals surface area contributed by atoms with Gasteiger partial charge in [0.15, 0.2) is 5.82 Å². The number of carbonyl (C=O) groups excluding carboxylic acids is 3. The Morgan fingerprint density at radius 1 is 1.17 bits per heavy atom. The van der Waals surface area contributed by atoms with E-state index >= 15 is 0 Å². The third kappa shape index (κ3) is 5.85. The molecule has 3 rings (SSSR count). The van der Waals surface area contributed by atoms with Crippen molar-refractivity contribution in [1.82, 2.24) is 10.1 Å². The number of hydrogen-bond donors (Lipinski definition) is 2. The number of hydrogen-bond acceptors (Lipinski definition) is 6. The van der Waals surface area contributed by atoms with Gasteiger partial charge in [-0.15, -0.1) is 11.8 Å². The Labute approximate surface area is 179 Å². The summed E-state index contributed by atoms with van der Waals surface area (Å²) in [4.78, 5) is 39.1. The first-order chi connectivity index (χ1) is 14.3. The molecule has 1 aromatic carbocycles. The Bertz CT molecular complexity index is 904. The molecule has 0 spiro atoms. The standard InChI is InChI=1S/C21H26N4O4S/c1-13-12-19(24-29-13)23-20(27)16-8-10-25(11-9-16)21(28)14(2)30-18-6-4-17(5-7-18)22-15(3)26/h4-7,12,14,16H,8-11H2,1-3H3,(H,22,26)(H,23,24,27)/t14-/m0/s1. The van der Waals surface area contributed by atoms with E-state index < -0.39 is 0 Å². The highest BCUT2D eigenvalue weighted by atomic mass is 32.2. The van der Waals surface area contributed by atoms with Crippen LogP contribution in [0.1, 0.15) is 32.4 Å². The molecule has 8 nitrogen and oxygen atoms in total. The molecule has 160 valence electrons. The predicted octanol–water partition coefficient (Wildman–Crippen LogP) is 3.30. The quantitative estimate of drug-likeness (QED) is 0.682. The topological polar surface area (TPSA) is 105 Å². The summed E-state index contributed by atoms with van der Waals surface area (Å²) in [5, 5.41) is 9.04. The number of thioether (sulfide) groups is 1. The second-order valence-corrected chi connectivity index (χ2v) is 8.79. The summed E-state index contributed by atoms with van der Waals surface area (Å²) in [7, 11) is 0. The van der Waals surface area contributed by atoms with E-state index in [0.29, 0.717) is 37.5 Å². The minimum absolute atomic E-state index is 0.0666. The van der Waals surface area contributed by atoms with Gasteiger partial charge in [-0.2, -0.15) is 0 Å². The van der Waals surface area contributed by atoms with Gasteiger partial charge < -0.3 is 20.1 Å². The minimum Gasteiger partial charge on any atom is -0.360 e. The minimum atomic E-state index is -0.236. The van der Waals surface area contributed by atoms with E-state index in [4.69, 9.17) is 4.52 Å². The highest BCUT2D eigenvalue weighted by Crippen LogP contribution is 2.28. The zero-order chi connectivity index (χ0) is 21.7. The lowest BCUT2D eigenvalue weighted by atomic mass is 9.95. The van der Waals surface area contributed by atoms with E-state index in [-0.39, 0.29) is 28.9 Å². The molecule has 1 fully saturated rings. The van der Waals surface area contributed by atoms with E-state index in [1.54, 1.807) is 13.0 Å². The van der Waals surface area contributed by atoms with Crippen LogP contribution in [0.25, 0.3) is 0 Å². The SMILES string of the molecule is CC(=O)Nc1ccc(S[C@@H](C)C(=O)N2CCC(C(=O)Nc3cc(C)on3)CC2)cc1. The van der Waals surface area contributed by atoms with Crippen molar-refractivity contribution in [1.29, 1.82) is 0 Å². The second-order valence-electron chi connectivity index (χ2n) is 7.38. The molecule has 0 bridgehead atoms. The molecule has 0 saturated carbocycles. The van der Waals surface area contributed by atoms with Gasteiger partial charge in [0.2, 0.25) is 17.7 Å². The average Bonchev–Trinajstić information content (AvgIpc) is 3.13. The van der Waals surface area contributed by atoms with Crippen molar-refractivity contribution in [3.63, 3.8) is 0 Å². The summed E-state index contributed by atoms with van der Waals surface area (Å²) < 4.78 is 4.96. The van der Waals surface area contributed by atoms with Gasteiger partial charge in [0.05, 0.1) is 5.25 Å². The normalized spacial score (nSPS) is 15.5. The monoisotopic (exact) mass is 430 g/mol. The van der Waals surface area contributed by atoms with Crippen molar-refractivity contribution in [3.8, 4) is 0 Å². The van der Waals surface area contributed by atoms with E-state index in [9.17, 15) is 14.4 Å². The van der Waals surface area contributed by atoms with Crippen LogP contribution in [0, 0.1) is 12.8 Å². The first-order valence-electron chi connectivity index (χ1n) is 9.89. The molecule has 1 aromatic heterocycles. The van der Waals surface area contributed by atoms with E-state index in [0.717, 1.165) is 10.6 Å². The molecule has 0 aliphatic carbocycles. The van der Waals surface area contributed by atoms with Gasteiger partial charge in [0.1, 0.15) is 5.76 Å². The van der Waals surface area contributed by atoms with Gasteiger partial charge in [-0.3, -0.25) is 14.4 Å². The molecule has 0 unspecified atom stereocenters. The van der Waals surface area contributed by atoms with Crippen LogP contribution < -0.4 is 10.6 Å². The summed E-state index contributed by atoms with van der Waals surface area (Å²) in [5.74, 6) is 0.782. The van der Waals surface area contributed by atoms with Crippen molar-refractivity contribution in [2.45, 2.75) is 43.8 Å². The van der Waals surface area contributed by atoms with E-state index in [1.807, 2.05) is 36.1 Å². The van der Waals surface area contributed by atoms with Crippen molar-refractivity contribution >= 4 is 41.0 Å². The maximum absolute atomic E-state index is 12.8. The average molecular weight is 431 g/mol. The molecule has 0 radical (unpaired) electrons. The predicted molar refractivity (Wildman–Crippen MR) is 115 cm³/mol. The van der Waals surface area contributed by atoms with Crippen LogP contribution >= 0.6 is 11.8 Å². The zero-order valence-corrected chi connectivity index (χ0v) is 18.1. The molecule has 3 amide bonds. The first kappa shape index (κ1) is 21.9. The number of nitrogens with one attached hydrogen (secondary N) is 2. The number of likely N-dealkylation sites (tertiary alicyclic amines) is 1. The van der Waals surface area contributed by atoms with E-state index in [2.05, 4.69) is 15.8 Å². The van der Waals surface area contributed by atoms with Crippen molar-refractivity contribution < 1.29 is 18.9 Å². The van der Waals surface area contributed by atoms with Crippen LogP contribution in [0.15, 0.2) is 39.8 Å². The third-order valence-corrected chi connectivity index (χ3v) is 5.99. The highest BCUT2D eigenvalue weighted by Gasteiger charge is 2.30. The van der Waals surface area contributed by atoms with Gasteiger partial charge in [0, 0.05) is 42.6 Å². The summed E-state index contributed by atoms with van der Waals surface area (Å²) in [6.07, 6.45) is 1.24. The van der Waals surface area contributed by atoms with Gasteiger partial charge in [-0.25, -0.2) is 0 Å². The zero-order valence-electron chi connectivity index (χ0n) is 17.3. The lowest BCUT2D eigenvalue weighted by Gasteiger charge is -2.32. The van der Waals surface area contributed by atoms with Gasteiger partial charge >= 0.3 is 0 Å². The smallest absolute Gasteiger partial charge is 0.235 e. The number of carbonyl (C=O) groups is 3. The molecular formula is C21H26N4O4S. The molecule has 2 heterocycles. The number of piperidine rings is 1. The van der Waals surface area contributed by atoms with Crippen LogP contribution in [0.3, 0.4) is 0 Å².